The molecule has 0 aromatic heterocycles. The number of aliphatic hydroxyl groups is 1. The second-order valence-corrected chi connectivity index (χ2v) is 8.32. The van der Waals surface area contributed by atoms with Gasteiger partial charge in [-0.05, 0) is 75.0 Å². The standard InChI is InChI=1S/C18H22ClNO2/c1-11-2-3-14(19)5-15(11)20-16(21)17-6-12-4-13(7-17)9-18(22,8-12)10-17/h2-3,5,12-13,22H,4,6-10H2,1H3,(H,20,21)/t12-,13+,17?,18?. The van der Waals surface area contributed by atoms with Gasteiger partial charge in [0, 0.05) is 10.7 Å². The summed E-state index contributed by atoms with van der Waals surface area (Å²) in [6, 6.07) is 5.56. The van der Waals surface area contributed by atoms with Gasteiger partial charge in [-0.3, -0.25) is 4.79 Å². The third kappa shape index (κ3) is 2.26. The maximum atomic E-state index is 13.0. The highest BCUT2D eigenvalue weighted by Gasteiger charge is 2.60. The quantitative estimate of drug-likeness (QED) is 0.868. The minimum Gasteiger partial charge on any atom is -0.390 e. The molecule has 0 spiro atoms. The second-order valence-electron chi connectivity index (χ2n) is 7.88. The molecule has 4 bridgehead atoms. The lowest BCUT2D eigenvalue weighted by molar-refractivity contribution is -0.174. The lowest BCUT2D eigenvalue weighted by atomic mass is 9.47. The molecule has 4 saturated carbocycles. The number of hydrogen-bond acceptors (Lipinski definition) is 2. The van der Waals surface area contributed by atoms with Crippen LogP contribution >= 0.6 is 11.6 Å². The number of amides is 1. The minimum atomic E-state index is -0.606. The normalized spacial score (nSPS) is 39.0. The van der Waals surface area contributed by atoms with Crippen molar-refractivity contribution in [1.29, 1.82) is 0 Å². The van der Waals surface area contributed by atoms with Crippen molar-refractivity contribution in [3.05, 3.63) is 28.8 Å². The summed E-state index contributed by atoms with van der Waals surface area (Å²) in [6.07, 6.45) is 5.43. The maximum absolute atomic E-state index is 13.0. The Hall–Kier alpha value is -1.06. The monoisotopic (exact) mass is 319 g/mol. The Morgan fingerprint density at radius 3 is 2.59 bits per heavy atom. The van der Waals surface area contributed by atoms with Crippen LogP contribution in [-0.2, 0) is 4.79 Å². The smallest absolute Gasteiger partial charge is 0.230 e. The van der Waals surface area contributed by atoms with Gasteiger partial charge >= 0.3 is 0 Å². The highest BCUT2D eigenvalue weighted by Crippen LogP contribution is 2.61. The van der Waals surface area contributed by atoms with Crippen LogP contribution in [0.15, 0.2) is 18.2 Å². The molecule has 3 nitrogen and oxygen atoms in total. The molecule has 5 rings (SSSR count). The number of hydrogen-bond donors (Lipinski definition) is 2. The van der Waals surface area contributed by atoms with E-state index >= 15 is 0 Å². The molecular weight excluding hydrogens is 298 g/mol. The van der Waals surface area contributed by atoms with Crippen molar-refractivity contribution in [3.8, 4) is 0 Å². The van der Waals surface area contributed by atoms with Crippen molar-refractivity contribution in [2.45, 2.75) is 51.0 Å². The van der Waals surface area contributed by atoms with Crippen LogP contribution in [0.3, 0.4) is 0 Å². The van der Waals surface area contributed by atoms with Crippen LogP contribution in [0.5, 0.6) is 0 Å². The lowest BCUT2D eigenvalue weighted by Gasteiger charge is -2.59. The zero-order valence-corrected chi connectivity index (χ0v) is 13.6. The predicted octanol–water partition coefficient (Wildman–Crippen LogP) is 3.92. The van der Waals surface area contributed by atoms with Crippen LogP contribution in [0, 0.1) is 24.2 Å². The molecule has 1 aromatic carbocycles. The van der Waals surface area contributed by atoms with Gasteiger partial charge in [0.2, 0.25) is 5.91 Å². The Morgan fingerprint density at radius 2 is 1.95 bits per heavy atom. The Balaban J connectivity index is 1.61. The third-order valence-electron chi connectivity index (χ3n) is 5.96. The van der Waals surface area contributed by atoms with Gasteiger partial charge in [0.05, 0.1) is 11.0 Å². The van der Waals surface area contributed by atoms with E-state index in [-0.39, 0.29) is 11.3 Å². The van der Waals surface area contributed by atoms with Crippen molar-refractivity contribution in [3.63, 3.8) is 0 Å². The van der Waals surface area contributed by atoms with E-state index in [4.69, 9.17) is 11.6 Å². The first-order valence-electron chi connectivity index (χ1n) is 8.18. The molecule has 2 N–H and O–H groups in total. The number of carbonyl (C=O) groups excluding carboxylic acids is 1. The molecule has 4 aliphatic carbocycles. The molecule has 0 saturated heterocycles. The van der Waals surface area contributed by atoms with Gasteiger partial charge in [0.15, 0.2) is 0 Å². The van der Waals surface area contributed by atoms with Crippen LogP contribution in [-0.4, -0.2) is 16.6 Å². The summed E-state index contributed by atoms with van der Waals surface area (Å²) < 4.78 is 0. The van der Waals surface area contributed by atoms with Gasteiger partial charge < -0.3 is 10.4 Å². The van der Waals surface area contributed by atoms with Gasteiger partial charge in [-0.1, -0.05) is 17.7 Å². The van der Waals surface area contributed by atoms with E-state index in [0.29, 0.717) is 23.3 Å². The van der Waals surface area contributed by atoms with Gasteiger partial charge in [-0.2, -0.15) is 0 Å². The number of rotatable bonds is 2. The largest absolute Gasteiger partial charge is 0.390 e. The molecule has 1 amide bonds. The lowest BCUT2D eigenvalue weighted by Crippen LogP contribution is -2.59. The van der Waals surface area contributed by atoms with E-state index in [1.54, 1.807) is 0 Å². The molecule has 4 fully saturated rings. The molecule has 4 atom stereocenters. The van der Waals surface area contributed by atoms with Crippen LogP contribution in [0.2, 0.25) is 5.02 Å². The topological polar surface area (TPSA) is 49.3 Å². The average Bonchev–Trinajstić information content (AvgIpc) is 2.40. The van der Waals surface area contributed by atoms with Gasteiger partial charge in [0.1, 0.15) is 0 Å². The molecule has 4 heteroatoms. The van der Waals surface area contributed by atoms with Crippen LogP contribution in [0.4, 0.5) is 5.69 Å². The van der Waals surface area contributed by atoms with Crippen molar-refractivity contribution in [2.24, 2.45) is 17.3 Å². The molecule has 22 heavy (non-hydrogen) atoms. The van der Waals surface area contributed by atoms with E-state index in [0.717, 1.165) is 36.9 Å². The molecule has 0 aliphatic heterocycles. The van der Waals surface area contributed by atoms with Crippen molar-refractivity contribution in [2.75, 3.05) is 5.32 Å². The van der Waals surface area contributed by atoms with Crippen molar-refractivity contribution < 1.29 is 9.90 Å². The van der Waals surface area contributed by atoms with E-state index < -0.39 is 5.60 Å². The maximum Gasteiger partial charge on any atom is 0.230 e. The minimum absolute atomic E-state index is 0.0744. The van der Waals surface area contributed by atoms with E-state index in [1.165, 1.54) is 6.42 Å². The zero-order valence-electron chi connectivity index (χ0n) is 12.9. The number of carbonyl (C=O) groups is 1. The first kappa shape index (κ1) is 14.5. The second kappa shape index (κ2) is 4.72. The summed E-state index contributed by atoms with van der Waals surface area (Å²) in [5, 5.41) is 14.5. The first-order valence-corrected chi connectivity index (χ1v) is 8.55. The molecular formula is C18H22ClNO2. The highest BCUT2D eigenvalue weighted by atomic mass is 35.5. The van der Waals surface area contributed by atoms with E-state index in [9.17, 15) is 9.90 Å². The van der Waals surface area contributed by atoms with E-state index in [1.807, 2.05) is 25.1 Å². The Labute approximate surface area is 136 Å². The van der Waals surface area contributed by atoms with Gasteiger partial charge in [-0.15, -0.1) is 0 Å². The van der Waals surface area contributed by atoms with Gasteiger partial charge in [0.25, 0.3) is 0 Å². The molecule has 0 radical (unpaired) electrons. The van der Waals surface area contributed by atoms with Crippen molar-refractivity contribution >= 4 is 23.2 Å². The predicted molar refractivity (Wildman–Crippen MR) is 86.9 cm³/mol. The highest BCUT2D eigenvalue weighted by molar-refractivity contribution is 6.31. The molecule has 118 valence electrons. The Kier molecular flexibility index (Phi) is 3.11. The Bertz CT molecular complexity index is 628. The summed E-state index contributed by atoms with van der Waals surface area (Å²) in [5.74, 6) is 1.10. The number of anilines is 1. The number of aryl methyl sites for hydroxylation is 1. The van der Waals surface area contributed by atoms with Crippen LogP contribution in [0.1, 0.15) is 44.1 Å². The fourth-order valence-electron chi connectivity index (χ4n) is 5.46. The zero-order chi connectivity index (χ0) is 15.5. The molecule has 0 heterocycles. The van der Waals surface area contributed by atoms with Gasteiger partial charge in [-0.25, -0.2) is 0 Å². The van der Waals surface area contributed by atoms with Crippen LogP contribution in [0.25, 0.3) is 0 Å². The molecule has 2 unspecified atom stereocenters. The Morgan fingerprint density at radius 1 is 1.27 bits per heavy atom. The first-order chi connectivity index (χ1) is 10.4. The summed E-state index contributed by atoms with van der Waals surface area (Å²) in [5.41, 5.74) is 0.819. The summed E-state index contributed by atoms with van der Waals surface area (Å²) in [6.45, 7) is 1.97. The van der Waals surface area contributed by atoms with Crippen LogP contribution < -0.4 is 5.32 Å². The summed E-state index contributed by atoms with van der Waals surface area (Å²) in [4.78, 5) is 13.0. The fourth-order valence-corrected chi connectivity index (χ4v) is 5.64. The average molecular weight is 320 g/mol. The van der Waals surface area contributed by atoms with E-state index in [2.05, 4.69) is 5.32 Å². The summed E-state index contributed by atoms with van der Waals surface area (Å²) >= 11 is 6.05. The number of benzene rings is 1. The number of nitrogens with one attached hydrogen (secondary N) is 1. The third-order valence-corrected chi connectivity index (χ3v) is 6.19. The SMILES string of the molecule is Cc1ccc(Cl)cc1NC(=O)C12C[C@@H]3C[C@@H](CC(O)(C3)C1)C2. The summed E-state index contributed by atoms with van der Waals surface area (Å²) in [7, 11) is 0. The van der Waals surface area contributed by atoms with Crippen molar-refractivity contribution in [1.82, 2.24) is 0 Å². The number of halogens is 1. The molecule has 4 aliphatic rings. The molecule has 1 aromatic rings. The fraction of sp³-hybridized carbons (Fsp3) is 0.611.